The molecule has 0 saturated carbocycles. The number of carbonyl (C=O) groups excluding carboxylic acids is 1. The number of allylic oxidation sites excluding steroid dienone is 1. The summed E-state index contributed by atoms with van der Waals surface area (Å²) in [6.45, 7) is 3.43. The first kappa shape index (κ1) is 14.1. The van der Waals surface area contributed by atoms with Crippen LogP contribution in [0.5, 0.6) is 11.5 Å². The minimum Gasteiger partial charge on any atom is -0.454 e. The molecule has 0 spiro atoms. The number of ether oxygens (including phenoxy) is 2. The van der Waals surface area contributed by atoms with Gasteiger partial charge in [0.05, 0.1) is 0 Å². The van der Waals surface area contributed by atoms with Gasteiger partial charge in [0.25, 0.3) is 0 Å². The molecule has 2 heterocycles. The zero-order valence-corrected chi connectivity index (χ0v) is 12.2. The van der Waals surface area contributed by atoms with E-state index in [0.717, 1.165) is 36.7 Å². The minimum atomic E-state index is 0.179. The molecule has 0 N–H and O–H groups in total. The van der Waals surface area contributed by atoms with Gasteiger partial charge in [-0.25, -0.2) is 0 Å². The van der Waals surface area contributed by atoms with E-state index < -0.39 is 0 Å². The fourth-order valence-corrected chi connectivity index (χ4v) is 2.74. The van der Waals surface area contributed by atoms with Crippen LogP contribution in [-0.2, 0) is 4.79 Å². The molecule has 112 valence electrons. The fraction of sp³-hybridized carbons (Fsp3) is 0.471. The van der Waals surface area contributed by atoms with Gasteiger partial charge >= 0.3 is 0 Å². The molecule has 2 aliphatic heterocycles. The first-order chi connectivity index (χ1) is 10.3. The highest BCUT2D eigenvalue weighted by atomic mass is 16.7. The summed E-state index contributed by atoms with van der Waals surface area (Å²) < 4.78 is 10.6. The lowest BCUT2D eigenvalue weighted by Crippen LogP contribution is -2.31. The number of hydrogen-bond acceptors (Lipinski definition) is 4. The quantitative estimate of drug-likeness (QED) is 0.781. The van der Waals surface area contributed by atoms with Crippen molar-refractivity contribution in [2.24, 2.45) is 0 Å². The normalized spacial score (nSPS) is 18.3. The lowest BCUT2D eigenvalue weighted by molar-refractivity contribution is -0.114. The first-order valence-electron chi connectivity index (χ1n) is 7.64. The maximum atomic E-state index is 11.9. The predicted octanol–water partition coefficient (Wildman–Crippen LogP) is 2.87. The number of benzene rings is 1. The second-order valence-corrected chi connectivity index (χ2v) is 5.56. The van der Waals surface area contributed by atoms with Crippen LogP contribution in [0.3, 0.4) is 0 Å². The van der Waals surface area contributed by atoms with Crippen molar-refractivity contribution in [2.75, 3.05) is 26.4 Å². The van der Waals surface area contributed by atoms with E-state index in [9.17, 15) is 4.79 Å². The highest BCUT2D eigenvalue weighted by molar-refractivity contribution is 5.93. The summed E-state index contributed by atoms with van der Waals surface area (Å²) in [5.74, 6) is 1.69. The number of carbonyl (C=O) groups is 1. The number of ketones is 1. The summed E-state index contributed by atoms with van der Waals surface area (Å²) >= 11 is 0. The standard InChI is InChI=1S/C17H21NO3/c19-15(8-11-18-9-2-1-3-10-18)6-4-14-5-7-16-17(12-14)21-13-20-16/h4-7,12H,1-3,8-11,13H2. The minimum absolute atomic E-state index is 0.179. The van der Waals surface area contributed by atoms with E-state index in [2.05, 4.69) is 4.90 Å². The van der Waals surface area contributed by atoms with Crippen molar-refractivity contribution in [3.63, 3.8) is 0 Å². The van der Waals surface area contributed by atoms with E-state index in [1.54, 1.807) is 6.08 Å². The molecule has 0 bridgehead atoms. The van der Waals surface area contributed by atoms with E-state index in [-0.39, 0.29) is 12.6 Å². The summed E-state index contributed by atoms with van der Waals surface area (Å²) in [5, 5.41) is 0. The van der Waals surface area contributed by atoms with Crippen LogP contribution in [0.4, 0.5) is 0 Å². The number of piperidine rings is 1. The Bertz CT molecular complexity index is 533. The Kier molecular flexibility index (Phi) is 4.55. The van der Waals surface area contributed by atoms with Crippen LogP contribution < -0.4 is 9.47 Å². The van der Waals surface area contributed by atoms with Crippen LogP contribution >= 0.6 is 0 Å². The molecule has 1 saturated heterocycles. The third-order valence-corrected chi connectivity index (χ3v) is 3.98. The monoisotopic (exact) mass is 287 g/mol. The third-order valence-electron chi connectivity index (χ3n) is 3.98. The van der Waals surface area contributed by atoms with E-state index in [1.807, 2.05) is 24.3 Å². The van der Waals surface area contributed by atoms with Gasteiger partial charge in [-0.2, -0.15) is 0 Å². The van der Waals surface area contributed by atoms with Gasteiger partial charge in [0, 0.05) is 13.0 Å². The number of rotatable bonds is 5. The van der Waals surface area contributed by atoms with Crippen LogP contribution in [0.25, 0.3) is 6.08 Å². The molecule has 2 aliphatic rings. The number of likely N-dealkylation sites (tertiary alicyclic amines) is 1. The third kappa shape index (κ3) is 3.85. The molecule has 1 aromatic rings. The van der Waals surface area contributed by atoms with Crippen molar-refractivity contribution in [3.05, 3.63) is 29.8 Å². The van der Waals surface area contributed by atoms with Crippen LogP contribution in [0.1, 0.15) is 31.2 Å². The zero-order chi connectivity index (χ0) is 14.5. The summed E-state index contributed by atoms with van der Waals surface area (Å²) in [6.07, 6.45) is 7.97. The van der Waals surface area contributed by atoms with Crippen molar-refractivity contribution < 1.29 is 14.3 Å². The van der Waals surface area contributed by atoms with E-state index in [0.29, 0.717) is 6.42 Å². The SMILES string of the molecule is O=C(C=Cc1ccc2c(c1)OCO2)CCN1CCCCC1. The van der Waals surface area contributed by atoms with E-state index in [4.69, 9.17) is 9.47 Å². The molecule has 0 radical (unpaired) electrons. The van der Waals surface area contributed by atoms with Crippen LogP contribution in [-0.4, -0.2) is 37.1 Å². The lowest BCUT2D eigenvalue weighted by atomic mass is 10.1. The predicted molar refractivity (Wildman–Crippen MR) is 81.5 cm³/mol. The topological polar surface area (TPSA) is 38.8 Å². The summed E-state index contributed by atoms with van der Waals surface area (Å²) in [4.78, 5) is 14.3. The maximum absolute atomic E-state index is 11.9. The Morgan fingerprint density at radius 2 is 1.95 bits per heavy atom. The Morgan fingerprint density at radius 1 is 1.14 bits per heavy atom. The molecule has 3 rings (SSSR count). The molecular weight excluding hydrogens is 266 g/mol. The first-order valence-corrected chi connectivity index (χ1v) is 7.64. The summed E-state index contributed by atoms with van der Waals surface area (Å²) in [5.41, 5.74) is 0.963. The van der Waals surface area contributed by atoms with Crippen molar-refractivity contribution in [2.45, 2.75) is 25.7 Å². The molecule has 4 nitrogen and oxygen atoms in total. The van der Waals surface area contributed by atoms with Gasteiger partial charge in [-0.1, -0.05) is 18.6 Å². The molecular formula is C17H21NO3. The smallest absolute Gasteiger partial charge is 0.231 e. The summed E-state index contributed by atoms with van der Waals surface area (Å²) in [6, 6.07) is 5.71. The second-order valence-electron chi connectivity index (χ2n) is 5.56. The van der Waals surface area contributed by atoms with Gasteiger partial charge in [0.15, 0.2) is 17.3 Å². The van der Waals surface area contributed by atoms with Gasteiger partial charge in [-0.05, 0) is 49.7 Å². The number of hydrogen-bond donors (Lipinski definition) is 0. The summed E-state index contributed by atoms with van der Waals surface area (Å²) in [7, 11) is 0. The molecule has 0 amide bonds. The average Bonchev–Trinajstić information content (AvgIpc) is 2.99. The molecule has 4 heteroatoms. The molecule has 0 atom stereocenters. The van der Waals surface area contributed by atoms with Crippen LogP contribution in [0.2, 0.25) is 0 Å². The second kappa shape index (κ2) is 6.76. The highest BCUT2D eigenvalue weighted by Crippen LogP contribution is 2.32. The van der Waals surface area contributed by atoms with Crippen molar-refractivity contribution in [3.8, 4) is 11.5 Å². The number of nitrogens with zero attached hydrogens (tertiary/aromatic N) is 1. The van der Waals surface area contributed by atoms with Crippen molar-refractivity contribution in [1.82, 2.24) is 4.90 Å². The Morgan fingerprint density at radius 3 is 2.81 bits per heavy atom. The van der Waals surface area contributed by atoms with Crippen LogP contribution in [0, 0.1) is 0 Å². The molecule has 0 unspecified atom stereocenters. The van der Waals surface area contributed by atoms with E-state index in [1.165, 1.54) is 19.3 Å². The number of fused-ring (bicyclic) bond motifs is 1. The highest BCUT2D eigenvalue weighted by Gasteiger charge is 2.13. The van der Waals surface area contributed by atoms with Crippen molar-refractivity contribution >= 4 is 11.9 Å². The van der Waals surface area contributed by atoms with Gasteiger partial charge in [-0.15, -0.1) is 0 Å². The van der Waals surface area contributed by atoms with Crippen LogP contribution in [0.15, 0.2) is 24.3 Å². The Balaban J connectivity index is 1.49. The average molecular weight is 287 g/mol. The van der Waals surface area contributed by atoms with Crippen molar-refractivity contribution in [1.29, 1.82) is 0 Å². The maximum Gasteiger partial charge on any atom is 0.231 e. The molecule has 1 aromatic carbocycles. The lowest BCUT2D eigenvalue weighted by Gasteiger charge is -2.25. The Hall–Kier alpha value is -1.81. The van der Waals surface area contributed by atoms with Gasteiger partial charge in [0.1, 0.15) is 0 Å². The van der Waals surface area contributed by atoms with Gasteiger partial charge in [-0.3, -0.25) is 4.79 Å². The fourth-order valence-electron chi connectivity index (χ4n) is 2.74. The molecule has 0 aromatic heterocycles. The molecule has 21 heavy (non-hydrogen) atoms. The zero-order valence-electron chi connectivity index (χ0n) is 12.2. The molecule has 0 aliphatic carbocycles. The van der Waals surface area contributed by atoms with E-state index >= 15 is 0 Å². The van der Waals surface area contributed by atoms with Gasteiger partial charge < -0.3 is 14.4 Å². The largest absolute Gasteiger partial charge is 0.454 e. The Labute approximate surface area is 125 Å². The molecule has 1 fully saturated rings. The van der Waals surface area contributed by atoms with Gasteiger partial charge in [0.2, 0.25) is 6.79 Å².